The quantitative estimate of drug-likeness (QED) is 0.646. The highest BCUT2D eigenvalue weighted by molar-refractivity contribution is 7.89. The minimum absolute atomic E-state index is 0.278. The van der Waals surface area contributed by atoms with Gasteiger partial charge in [0.15, 0.2) is 0 Å². The van der Waals surface area contributed by atoms with Crippen molar-refractivity contribution in [2.45, 2.75) is 29.9 Å². The molecule has 1 aliphatic rings. The largest absolute Gasteiger partial charge is 0.393 e. The van der Waals surface area contributed by atoms with Gasteiger partial charge in [-0.3, -0.25) is 4.79 Å². The summed E-state index contributed by atoms with van der Waals surface area (Å²) in [5.74, 6) is 0. The summed E-state index contributed by atoms with van der Waals surface area (Å²) in [4.78, 5) is 13.6. The number of rotatable bonds is 3. The number of hydrogen-bond acceptors (Lipinski definition) is 4. The minimum Gasteiger partial charge on any atom is -0.393 e. The Morgan fingerprint density at radius 2 is 2.12 bits per heavy atom. The van der Waals surface area contributed by atoms with E-state index in [1.807, 2.05) is 0 Å². The van der Waals surface area contributed by atoms with Crippen LogP contribution in [0.5, 0.6) is 0 Å². The maximum atomic E-state index is 11.8. The summed E-state index contributed by atoms with van der Waals surface area (Å²) < 4.78 is 25.9. The van der Waals surface area contributed by atoms with Crippen LogP contribution in [0.2, 0.25) is 0 Å². The predicted octanol–water partition coefficient (Wildman–Crippen LogP) is -0.824. The summed E-state index contributed by atoms with van der Waals surface area (Å²) in [5, 5.41) is 9.04. The third-order valence-corrected chi connectivity index (χ3v) is 4.05. The Kier molecular flexibility index (Phi) is 2.83. The monoisotopic (exact) mass is 244 g/mol. The highest BCUT2D eigenvalue weighted by Gasteiger charge is 2.32. The van der Waals surface area contributed by atoms with Gasteiger partial charge in [-0.15, -0.1) is 0 Å². The second-order valence-corrected chi connectivity index (χ2v) is 5.50. The lowest BCUT2D eigenvalue weighted by Gasteiger charge is -2.31. The Balaban J connectivity index is 2.20. The standard InChI is InChI=1S/C9H12N2O4S/c12-7-3-6(4-7)11-16(14,15)9-5-10-2-1-8(9)13/h1-2,5-7,11-12H,3-4H2,(H,10,13). The van der Waals surface area contributed by atoms with Crippen LogP contribution in [0.25, 0.3) is 0 Å². The molecule has 0 spiro atoms. The van der Waals surface area contributed by atoms with Crippen LogP contribution in [-0.4, -0.2) is 30.7 Å². The fraction of sp³-hybridized carbons (Fsp3) is 0.444. The highest BCUT2D eigenvalue weighted by Crippen LogP contribution is 2.21. The van der Waals surface area contributed by atoms with Crippen molar-refractivity contribution in [3.05, 3.63) is 28.7 Å². The van der Waals surface area contributed by atoms with Crippen molar-refractivity contribution in [1.82, 2.24) is 9.71 Å². The molecule has 0 unspecified atom stereocenters. The number of sulfonamides is 1. The Morgan fingerprint density at radius 1 is 1.44 bits per heavy atom. The zero-order chi connectivity index (χ0) is 11.8. The average Bonchev–Trinajstić information content (AvgIpc) is 2.15. The molecule has 0 aliphatic heterocycles. The lowest BCUT2D eigenvalue weighted by Crippen LogP contribution is -2.47. The molecule has 0 amide bonds. The molecule has 0 radical (unpaired) electrons. The maximum Gasteiger partial charge on any atom is 0.246 e. The summed E-state index contributed by atoms with van der Waals surface area (Å²) in [5.41, 5.74) is -0.550. The molecule has 0 bridgehead atoms. The first-order chi connectivity index (χ1) is 7.49. The number of H-pyrrole nitrogens is 1. The van der Waals surface area contributed by atoms with Gasteiger partial charge in [0, 0.05) is 24.5 Å². The maximum absolute atomic E-state index is 11.8. The van der Waals surface area contributed by atoms with Crippen LogP contribution in [-0.2, 0) is 10.0 Å². The van der Waals surface area contributed by atoms with E-state index in [2.05, 4.69) is 9.71 Å². The van der Waals surface area contributed by atoms with E-state index in [0.717, 1.165) is 12.3 Å². The highest BCUT2D eigenvalue weighted by atomic mass is 32.2. The number of aromatic nitrogens is 1. The number of aliphatic hydroxyl groups is 1. The van der Waals surface area contributed by atoms with Crippen molar-refractivity contribution in [1.29, 1.82) is 0 Å². The van der Waals surface area contributed by atoms with E-state index in [0.29, 0.717) is 12.8 Å². The zero-order valence-electron chi connectivity index (χ0n) is 8.38. The third-order valence-electron chi connectivity index (χ3n) is 2.51. The van der Waals surface area contributed by atoms with Crippen molar-refractivity contribution in [3.8, 4) is 0 Å². The molecule has 0 aromatic carbocycles. The predicted molar refractivity (Wildman–Crippen MR) is 56.4 cm³/mol. The van der Waals surface area contributed by atoms with Crippen LogP contribution >= 0.6 is 0 Å². The number of aromatic amines is 1. The molecule has 2 rings (SSSR count). The second kappa shape index (κ2) is 4.00. The van der Waals surface area contributed by atoms with Crippen molar-refractivity contribution in [2.75, 3.05) is 0 Å². The molecule has 1 saturated carbocycles. The van der Waals surface area contributed by atoms with Gasteiger partial charge < -0.3 is 10.1 Å². The van der Waals surface area contributed by atoms with E-state index in [9.17, 15) is 13.2 Å². The zero-order valence-corrected chi connectivity index (χ0v) is 9.20. The van der Waals surface area contributed by atoms with Gasteiger partial charge in [-0.2, -0.15) is 0 Å². The first kappa shape index (κ1) is 11.3. The second-order valence-electron chi connectivity index (χ2n) is 3.82. The van der Waals surface area contributed by atoms with Crippen molar-refractivity contribution < 1.29 is 13.5 Å². The Bertz CT molecular complexity index is 530. The van der Waals surface area contributed by atoms with Crippen LogP contribution in [0.15, 0.2) is 28.2 Å². The first-order valence-electron chi connectivity index (χ1n) is 4.86. The van der Waals surface area contributed by atoms with Crippen molar-refractivity contribution in [2.24, 2.45) is 0 Å². The summed E-state index contributed by atoms with van der Waals surface area (Å²) in [6.07, 6.45) is 2.86. The van der Waals surface area contributed by atoms with Gasteiger partial charge >= 0.3 is 0 Å². The molecule has 3 N–H and O–H groups in total. The van der Waals surface area contributed by atoms with Crippen molar-refractivity contribution in [3.63, 3.8) is 0 Å². The number of hydrogen-bond donors (Lipinski definition) is 3. The molecular formula is C9H12N2O4S. The molecule has 7 heteroatoms. The van der Waals surface area contributed by atoms with Gasteiger partial charge in [0.25, 0.3) is 0 Å². The van der Waals surface area contributed by atoms with Gasteiger partial charge in [-0.25, -0.2) is 13.1 Å². The fourth-order valence-corrected chi connectivity index (χ4v) is 2.89. The van der Waals surface area contributed by atoms with E-state index in [1.54, 1.807) is 0 Å². The van der Waals surface area contributed by atoms with Crippen molar-refractivity contribution >= 4 is 10.0 Å². The molecule has 6 nitrogen and oxygen atoms in total. The molecule has 16 heavy (non-hydrogen) atoms. The van der Waals surface area contributed by atoms with Gasteiger partial charge in [0.2, 0.25) is 15.5 Å². The summed E-state index contributed by atoms with van der Waals surface area (Å²) in [7, 11) is -3.78. The van der Waals surface area contributed by atoms with Crippen LogP contribution < -0.4 is 10.2 Å². The summed E-state index contributed by atoms with van der Waals surface area (Å²) >= 11 is 0. The van der Waals surface area contributed by atoms with Crippen LogP contribution in [0.3, 0.4) is 0 Å². The van der Waals surface area contributed by atoms with Crippen LogP contribution in [0.1, 0.15) is 12.8 Å². The molecule has 1 aromatic rings. The molecular weight excluding hydrogens is 232 g/mol. The van der Waals surface area contributed by atoms with E-state index in [4.69, 9.17) is 5.11 Å². The third kappa shape index (κ3) is 2.16. The number of aliphatic hydroxyl groups excluding tert-OH is 1. The minimum atomic E-state index is -3.78. The number of pyridine rings is 1. The van der Waals surface area contributed by atoms with Gasteiger partial charge in [-0.05, 0) is 12.8 Å². The van der Waals surface area contributed by atoms with E-state index >= 15 is 0 Å². The van der Waals surface area contributed by atoms with Gasteiger partial charge in [0.1, 0.15) is 4.90 Å². The summed E-state index contributed by atoms with van der Waals surface area (Å²) in [6.45, 7) is 0. The number of nitrogens with one attached hydrogen (secondary N) is 2. The smallest absolute Gasteiger partial charge is 0.246 e. The lowest BCUT2D eigenvalue weighted by molar-refractivity contribution is 0.0712. The topological polar surface area (TPSA) is 99.3 Å². The normalized spacial score (nSPS) is 25.1. The first-order valence-corrected chi connectivity index (χ1v) is 6.35. The van der Waals surface area contributed by atoms with Gasteiger partial charge in [0.05, 0.1) is 6.10 Å². The average molecular weight is 244 g/mol. The Hall–Kier alpha value is -1.18. The van der Waals surface area contributed by atoms with Gasteiger partial charge in [-0.1, -0.05) is 0 Å². The molecule has 0 atom stereocenters. The van der Waals surface area contributed by atoms with E-state index in [-0.39, 0.29) is 10.9 Å². The Labute approximate surface area is 92.4 Å². The molecule has 1 aromatic heterocycles. The fourth-order valence-electron chi connectivity index (χ4n) is 1.58. The molecule has 0 saturated heterocycles. The summed E-state index contributed by atoms with van der Waals surface area (Å²) in [6, 6.07) is 0.879. The van der Waals surface area contributed by atoms with Crippen LogP contribution in [0.4, 0.5) is 0 Å². The lowest BCUT2D eigenvalue weighted by atomic mass is 9.91. The molecule has 1 aliphatic carbocycles. The molecule has 88 valence electrons. The molecule has 1 heterocycles. The van der Waals surface area contributed by atoms with Crippen LogP contribution in [0, 0.1) is 0 Å². The van der Waals surface area contributed by atoms with E-state index in [1.165, 1.54) is 6.20 Å². The Morgan fingerprint density at radius 3 is 2.69 bits per heavy atom. The SMILES string of the molecule is O=c1cc[nH]cc1S(=O)(=O)NC1CC(O)C1. The van der Waals surface area contributed by atoms with E-state index < -0.39 is 21.6 Å². The molecule has 1 fully saturated rings.